The maximum atomic E-state index is 11.3. The van der Waals surface area contributed by atoms with Crippen molar-refractivity contribution in [3.8, 4) is 0 Å². The molecule has 1 unspecified atom stereocenters. The summed E-state index contributed by atoms with van der Waals surface area (Å²) in [5.41, 5.74) is 6.23. The van der Waals surface area contributed by atoms with Crippen LogP contribution in [0.1, 0.15) is 12.8 Å². The number of nitrogens with two attached hydrogens (primary N) is 1. The summed E-state index contributed by atoms with van der Waals surface area (Å²) in [7, 11) is 0. The van der Waals surface area contributed by atoms with Gasteiger partial charge in [0.1, 0.15) is 6.04 Å². The molecule has 0 saturated heterocycles. The van der Waals surface area contributed by atoms with Crippen LogP contribution in [-0.2, 0) is 4.79 Å². The quantitative estimate of drug-likeness (QED) is 0.751. The lowest BCUT2D eigenvalue weighted by Crippen LogP contribution is -2.35. The maximum Gasteiger partial charge on any atom is 0.239 e. The fraction of sp³-hybridized carbons (Fsp3) is 0.417. The van der Waals surface area contributed by atoms with Crippen LogP contribution in [0.15, 0.2) is 24.3 Å². The molecule has 0 radical (unpaired) electrons. The number of nitrogens with one attached hydrogen (secondary N) is 1. The number of carbonyl (C=O) groups is 1. The standard InChI is InChI=1S/C12H17ClN2OS/c1-17-8-2-3-11(12(14)16)15-10-6-4-9(13)5-7-10/h4-7,11,15H,2-3,8H2,1H3,(H2,14,16). The first-order valence-corrected chi connectivity index (χ1v) is 7.21. The molecule has 0 spiro atoms. The minimum atomic E-state index is -0.318. The van der Waals surface area contributed by atoms with Crippen molar-refractivity contribution in [1.82, 2.24) is 0 Å². The van der Waals surface area contributed by atoms with Gasteiger partial charge in [0.15, 0.2) is 0 Å². The molecule has 3 nitrogen and oxygen atoms in total. The van der Waals surface area contributed by atoms with E-state index in [1.807, 2.05) is 18.4 Å². The normalized spacial score (nSPS) is 12.1. The molecule has 5 heteroatoms. The number of rotatable bonds is 7. The van der Waals surface area contributed by atoms with Crippen LogP contribution in [0.3, 0.4) is 0 Å². The van der Waals surface area contributed by atoms with Crippen molar-refractivity contribution in [3.05, 3.63) is 29.3 Å². The van der Waals surface area contributed by atoms with Gasteiger partial charge in [-0.05, 0) is 49.1 Å². The summed E-state index contributed by atoms with van der Waals surface area (Å²) >= 11 is 7.56. The van der Waals surface area contributed by atoms with Gasteiger partial charge in [-0.2, -0.15) is 11.8 Å². The number of hydrogen-bond donors (Lipinski definition) is 2. The van der Waals surface area contributed by atoms with E-state index < -0.39 is 0 Å². The van der Waals surface area contributed by atoms with E-state index in [9.17, 15) is 4.79 Å². The molecule has 1 amide bonds. The Morgan fingerprint density at radius 1 is 1.47 bits per heavy atom. The third-order valence-electron chi connectivity index (χ3n) is 2.37. The maximum absolute atomic E-state index is 11.3. The monoisotopic (exact) mass is 272 g/mol. The van der Waals surface area contributed by atoms with Crippen LogP contribution >= 0.6 is 23.4 Å². The molecule has 1 rings (SSSR count). The molecule has 0 aliphatic heterocycles. The molecule has 0 saturated carbocycles. The van der Waals surface area contributed by atoms with Crippen LogP contribution in [0.2, 0.25) is 5.02 Å². The Kier molecular flexibility index (Phi) is 6.22. The van der Waals surface area contributed by atoms with E-state index in [0.717, 1.165) is 24.3 Å². The minimum Gasteiger partial charge on any atom is -0.374 e. The Morgan fingerprint density at radius 3 is 2.65 bits per heavy atom. The second-order valence-electron chi connectivity index (χ2n) is 3.74. The van der Waals surface area contributed by atoms with Crippen molar-refractivity contribution in [2.24, 2.45) is 5.73 Å². The lowest BCUT2D eigenvalue weighted by Gasteiger charge is -2.16. The molecule has 17 heavy (non-hydrogen) atoms. The van der Waals surface area contributed by atoms with Crippen molar-refractivity contribution in [3.63, 3.8) is 0 Å². The average Bonchev–Trinajstić information content (AvgIpc) is 2.30. The van der Waals surface area contributed by atoms with Crippen LogP contribution < -0.4 is 11.1 Å². The SMILES string of the molecule is CSCCCC(Nc1ccc(Cl)cc1)C(N)=O. The van der Waals surface area contributed by atoms with Gasteiger partial charge in [-0.15, -0.1) is 0 Å². The van der Waals surface area contributed by atoms with Crippen LogP contribution in [0.5, 0.6) is 0 Å². The Balaban J connectivity index is 2.54. The van der Waals surface area contributed by atoms with Gasteiger partial charge in [0.05, 0.1) is 0 Å². The minimum absolute atomic E-state index is 0.316. The molecule has 0 aromatic heterocycles. The summed E-state index contributed by atoms with van der Waals surface area (Å²) in [6.07, 6.45) is 3.76. The van der Waals surface area contributed by atoms with Crippen molar-refractivity contribution in [1.29, 1.82) is 0 Å². The molecular weight excluding hydrogens is 256 g/mol. The highest BCUT2D eigenvalue weighted by Crippen LogP contribution is 2.15. The molecule has 3 N–H and O–H groups in total. The summed E-state index contributed by atoms with van der Waals surface area (Å²) in [4.78, 5) is 11.3. The zero-order valence-corrected chi connectivity index (χ0v) is 11.4. The van der Waals surface area contributed by atoms with Crippen molar-refractivity contribution in [2.75, 3.05) is 17.3 Å². The number of amides is 1. The van der Waals surface area contributed by atoms with E-state index in [1.54, 1.807) is 23.9 Å². The number of benzene rings is 1. The fourth-order valence-corrected chi connectivity index (χ4v) is 2.05. The van der Waals surface area contributed by atoms with E-state index in [4.69, 9.17) is 17.3 Å². The smallest absolute Gasteiger partial charge is 0.239 e. The van der Waals surface area contributed by atoms with E-state index in [-0.39, 0.29) is 11.9 Å². The predicted octanol–water partition coefficient (Wildman–Crippen LogP) is 2.75. The van der Waals surface area contributed by atoms with Gasteiger partial charge < -0.3 is 11.1 Å². The molecule has 0 bridgehead atoms. The van der Waals surface area contributed by atoms with Gasteiger partial charge in [-0.3, -0.25) is 4.79 Å². The van der Waals surface area contributed by atoms with E-state index in [0.29, 0.717) is 5.02 Å². The number of primary amides is 1. The Hall–Kier alpha value is -0.870. The van der Waals surface area contributed by atoms with Crippen LogP contribution in [0, 0.1) is 0 Å². The molecule has 0 aliphatic carbocycles. The number of halogens is 1. The molecule has 0 aliphatic rings. The number of carbonyl (C=O) groups excluding carboxylic acids is 1. The lowest BCUT2D eigenvalue weighted by atomic mass is 10.1. The summed E-state index contributed by atoms with van der Waals surface area (Å²) in [5.74, 6) is 0.715. The van der Waals surface area contributed by atoms with Crippen LogP contribution in [0.25, 0.3) is 0 Å². The molecular formula is C12H17ClN2OS. The third kappa shape index (κ3) is 5.33. The number of hydrogen-bond acceptors (Lipinski definition) is 3. The fourth-order valence-electron chi connectivity index (χ4n) is 1.46. The summed E-state index contributed by atoms with van der Waals surface area (Å²) in [6, 6.07) is 6.93. The van der Waals surface area contributed by atoms with Gasteiger partial charge in [0.2, 0.25) is 5.91 Å². The largest absolute Gasteiger partial charge is 0.374 e. The Labute approximate surface area is 111 Å². The summed E-state index contributed by atoms with van der Waals surface area (Å²) < 4.78 is 0. The van der Waals surface area contributed by atoms with Gasteiger partial charge in [-0.25, -0.2) is 0 Å². The first kappa shape index (κ1) is 14.2. The zero-order chi connectivity index (χ0) is 12.7. The molecule has 1 atom stereocenters. The topological polar surface area (TPSA) is 55.1 Å². The van der Waals surface area contributed by atoms with Crippen molar-refractivity contribution in [2.45, 2.75) is 18.9 Å². The highest BCUT2D eigenvalue weighted by molar-refractivity contribution is 7.98. The van der Waals surface area contributed by atoms with E-state index in [1.165, 1.54) is 0 Å². The molecule has 0 heterocycles. The molecule has 1 aromatic carbocycles. The lowest BCUT2D eigenvalue weighted by molar-refractivity contribution is -0.118. The Morgan fingerprint density at radius 2 is 2.12 bits per heavy atom. The summed E-state index contributed by atoms with van der Waals surface area (Å²) in [6.45, 7) is 0. The molecule has 1 aromatic rings. The van der Waals surface area contributed by atoms with Crippen LogP contribution in [-0.4, -0.2) is 24.0 Å². The van der Waals surface area contributed by atoms with Crippen LogP contribution in [0.4, 0.5) is 5.69 Å². The highest BCUT2D eigenvalue weighted by Gasteiger charge is 2.14. The van der Waals surface area contributed by atoms with Gasteiger partial charge in [-0.1, -0.05) is 11.6 Å². The van der Waals surface area contributed by atoms with E-state index >= 15 is 0 Å². The average molecular weight is 273 g/mol. The second-order valence-corrected chi connectivity index (χ2v) is 5.16. The Bertz CT molecular complexity index is 356. The predicted molar refractivity (Wildman–Crippen MR) is 75.7 cm³/mol. The first-order valence-electron chi connectivity index (χ1n) is 5.44. The second kappa shape index (κ2) is 7.45. The van der Waals surface area contributed by atoms with Crippen molar-refractivity contribution < 1.29 is 4.79 Å². The highest BCUT2D eigenvalue weighted by atomic mass is 35.5. The number of anilines is 1. The van der Waals surface area contributed by atoms with E-state index in [2.05, 4.69) is 5.32 Å². The third-order valence-corrected chi connectivity index (χ3v) is 3.32. The molecule has 0 fully saturated rings. The first-order chi connectivity index (χ1) is 8.13. The van der Waals surface area contributed by atoms with Gasteiger partial charge in [0.25, 0.3) is 0 Å². The number of thioether (sulfide) groups is 1. The summed E-state index contributed by atoms with van der Waals surface area (Å²) in [5, 5.41) is 3.80. The van der Waals surface area contributed by atoms with Gasteiger partial charge >= 0.3 is 0 Å². The zero-order valence-electron chi connectivity index (χ0n) is 9.78. The van der Waals surface area contributed by atoms with Gasteiger partial charge in [0, 0.05) is 10.7 Å². The molecule has 94 valence electrons. The van der Waals surface area contributed by atoms with Crippen molar-refractivity contribution >= 4 is 35.0 Å².